The average molecular weight is 340 g/mol. The molecule has 7 heteroatoms. The molecule has 0 atom stereocenters. The van der Waals surface area contributed by atoms with E-state index in [4.69, 9.17) is 23.2 Å². The maximum Gasteiger partial charge on any atom is 0.229 e. The molecule has 0 fully saturated rings. The van der Waals surface area contributed by atoms with Gasteiger partial charge in [0.1, 0.15) is 5.82 Å². The van der Waals surface area contributed by atoms with E-state index in [-0.39, 0.29) is 0 Å². The highest BCUT2D eigenvalue weighted by atomic mass is 35.5. The Kier molecular flexibility index (Phi) is 5.83. The minimum atomic E-state index is 0.505. The Labute approximate surface area is 140 Å². The van der Waals surface area contributed by atoms with E-state index in [2.05, 4.69) is 25.5 Å². The zero-order chi connectivity index (χ0) is 16.1. The Hall–Kier alpha value is -1.56. The quantitative estimate of drug-likeness (QED) is 0.838. The second-order valence-corrected chi connectivity index (χ2v) is 6.10. The second-order valence-electron chi connectivity index (χ2n) is 5.23. The first-order valence-corrected chi connectivity index (χ1v) is 7.65. The van der Waals surface area contributed by atoms with Crippen LogP contribution in [0.1, 0.15) is 5.69 Å². The molecule has 0 bridgehead atoms. The molecule has 0 aliphatic rings. The van der Waals surface area contributed by atoms with Gasteiger partial charge in [-0.25, -0.2) is 4.98 Å². The number of hydrogen-bond acceptors (Lipinski definition) is 5. The van der Waals surface area contributed by atoms with Gasteiger partial charge in [0.25, 0.3) is 0 Å². The van der Waals surface area contributed by atoms with Gasteiger partial charge in [-0.3, -0.25) is 0 Å². The van der Waals surface area contributed by atoms with Crippen LogP contribution in [0.15, 0.2) is 24.3 Å². The maximum absolute atomic E-state index is 5.99. The average Bonchev–Trinajstić information content (AvgIpc) is 2.36. The molecule has 0 unspecified atom stereocenters. The van der Waals surface area contributed by atoms with Crippen molar-refractivity contribution < 1.29 is 0 Å². The number of aromatic nitrogens is 2. The van der Waals surface area contributed by atoms with Crippen molar-refractivity contribution in [1.82, 2.24) is 14.9 Å². The standard InChI is InChI=1S/C15H19Cl2N5/c1-10-6-14(18-4-5-22(2)3)21-15(19-10)20-13-8-11(16)7-12(17)9-13/h6-9H,4-5H2,1-3H3,(H2,18,19,20,21). The fraction of sp³-hybridized carbons (Fsp3) is 0.333. The molecule has 0 radical (unpaired) electrons. The molecule has 0 saturated heterocycles. The maximum atomic E-state index is 5.99. The van der Waals surface area contributed by atoms with Gasteiger partial charge in [-0.05, 0) is 39.2 Å². The Balaban J connectivity index is 2.11. The van der Waals surface area contributed by atoms with Gasteiger partial charge in [0.05, 0.1) is 0 Å². The Bertz CT molecular complexity index is 626. The van der Waals surface area contributed by atoms with Gasteiger partial charge < -0.3 is 15.5 Å². The lowest BCUT2D eigenvalue weighted by Gasteiger charge is -2.12. The summed E-state index contributed by atoms with van der Waals surface area (Å²) in [6.45, 7) is 3.66. The van der Waals surface area contributed by atoms with Crippen LogP contribution in [0.5, 0.6) is 0 Å². The van der Waals surface area contributed by atoms with Crippen molar-refractivity contribution in [3.05, 3.63) is 40.0 Å². The lowest BCUT2D eigenvalue weighted by atomic mass is 10.3. The number of halogens is 2. The van der Waals surface area contributed by atoms with Crippen LogP contribution in [-0.2, 0) is 0 Å². The fourth-order valence-corrected chi connectivity index (χ4v) is 2.40. The van der Waals surface area contributed by atoms with Crippen molar-refractivity contribution in [2.45, 2.75) is 6.92 Å². The van der Waals surface area contributed by atoms with E-state index < -0.39 is 0 Å². The molecule has 0 aliphatic heterocycles. The SMILES string of the molecule is Cc1cc(NCCN(C)C)nc(Nc2cc(Cl)cc(Cl)c2)n1. The lowest BCUT2D eigenvalue weighted by Crippen LogP contribution is -2.21. The zero-order valence-electron chi connectivity index (χ0n) is 12.8. The Morgan fingerprint density at radius 1 is 1.05 bits per heavy atom. The number of nitrogens with one attached hydrogen (secondary N) is 2. The number of rotatable bonds is 6. The molecule has 5 nitrogen and oxygen atoms in total. The van der Waals surface area contributed by atoms with Gasteiger partial charge in [-0.1, -0.05) is 23.2 Å². The van der Waals surface area contributed by atoms with E-state index in [0.29, 0.717) is 16.0 Å². The van der Waals surface area contributed by atoms with Crippen LogP contribution in [0.25, 0.3) is 0 Å². The molecule has 1 aromatic heterocycles. The number of hydrogen-bond donors (Lipinski definition) is 2. The highest BCUT2D eigenvalue weighted by molar-refractivity contribution is 6.35. The summed E-state index contributed by atoms with van der Waals surface area (Å²) in [6.07, 6.45) is 0. The summed E-state index contributed by atoms with van der Waals surface area (Å²) in [5.74, 6) is 1.29. The van der Waals surface area contributed by atoms with Crippen LogP contribution >= 0.6 is 23.2 Å². The molecule has 22 heavy (non-hydrogen) atoms. The van der Waals surface area contributed by atoms with Crippen LogP contribution in [0.3, 0.4) is 0 Å². The molecule has 0 aliphatic carbocycles. The number of benzene rings is 1. The molecule has 0 amide bonds. The van der Waals surface area contributed by atoms with Gasteiger partial charge >= 0.3 is 0 Å². The van der Waals surface area contributed by atoms with E-state index >= 15 is 0 Å². The topological polar surface area (TPSA) is 53.1 Å². The normalized spacial score (nSPS) is 10.8. The van der Waals surface area contributed by atoms with E-state index in [1.54, 1.807) is 18.2 Å². The third-order valence-corrected chi connectivity index (χ3v) is 3.27. The van der Waals surface area contributed by atoms with E-state index in [9.17, 15) is 0 Å². The number of nitrogens with zero attached hydrogens (tertiary/aromatic N) is 3. The second kappa shape index (κ2) is 7.63. The Morgan fingerprint density at radius 3 is 2.36 bits per heavy atom. The summed E-state index contributed by atoms with van der Waals surface area (Å²) in [5.41, 5.74) is 1.63. The number of anilines is 3. The minimum Gasteiger partial charge on any atom is -0.369 e. The third kappa shape index (κ3) is 5.33. The fourth-order valence-electron chi connectivity index (χ4n) is 1.88. The molecule has 0 saturated carbocycles. The number of likely N-dealkylation sites (N-methyl/N-ethyl adjacent to an activating group) is 1. The zero-order valence-corrected chi connectivity index (χ0v) is 14.3. The van der Waals surface area contributed by atoms with Crippen molar-refractivity contribution in [1.29, 1.82) is 0 Å². The van der Waals surface area contributed by atoms with E-state index in [1.165, 1.54) is 0 Å². The summed E-state index contributed by atoms with van der Waals surface area (Å²) >= 11 is 12.0. The summed E-state index contributed by atoms with van der Waals surface area (Å²) < 4.78 is 0. The molecule has 1 heterocycles. The van der Waals surface area contributed by atoms with Crippen molar-refractivity contribution in [3.8, 4) is 0 Å². The summed E-state index contributed by atoms with van der Waals surface area (Å²) in [7, 11) is 4.06. The van der Waals surface area contributed by atoms with Gasteiger partial charge in [-0.15, -0.1) is 0 Å². The van der Waals surface area contributed by atoms with E-state index in [0.717, 1.165) is 30.3 Å². The van der Waals surface area contributed by atoms with Gasteiger partial charge in [-0.2, -0.15) is 4.98 Å². The molecular formula is C15H19Cl2N5. The lowest BCUT2D eigenvalue weighted by molar-refractivity contribution is 0.425. The number of aryl methyl sites for hydroxylation is 1. The Morgan fingerprint density at radius 2 is 1.73 bits per heavy atom. The molecule has 0 spiro atoms. The largest absolute Gasteiger partial charge is 0.369 e. The van der Waals surface area contributed by atoms with Crippen LogP contribution < -0.4 is 10.6 Å². The van der Waals surface area contributed by atoms with Crippen LogP contribution in [0, 0.1) is 6.92 Å². The van der Waals surface area contributed by atoms with Gasteiger partial charge in [0.15, 0.2) is 0 Å². The first-order valence-electron chi connectivity index (χ1n) is 6.90. The van der Waals surface area contributed by atoms with Gasteiger partial charge in [0, 0.05) is 40.6 Å². The van der Waals surface area contributed by atoms with Crippen molar-refractivity contribution >= 4 is 40.7 Å². The minimum absolute atomic E-state index is 0.505. The molecule has 1 aromatic carbocycles. The van der Waals surface area contributed by atoms with E-state index in [1.807, 2.05) is 27.1 Å². The monoisotopic (exact) mass is 339 g/mol. The first-order chi connectivity index (χ1) is 10.4. The van der Waals surface area contributed by atoms with Crippen LogP contribution in [0.4, 0.5) is 17.5 Å². The first kappa shape index (κ1) is 16.8. The predicted molar refractivity (Wildman–Crippen MR) is 93.6 cm³/mol. The summed E-state index contributed by atoms with van der Waals surface area (Å²) in [4.78, 5) is 10.9. The highest BCUT2D eigenvalue weighted by Crippen LogP contribution is 2.24. The molecule has 118 valence electrons. The predicted octanol–water partition coefficient (Wildman–Crippen LogP) is 3.81. The van der Waals surface area contributed by atoms with Crippen molar-refractivity contribution in [2.24, 2.45) is 0 Å². The summed E-state index contributed by atoms with van der Waals surface area (Å²) in [6, 6.07) is 7.14. The van der Waals surface area contributed by atoms with Gasteiger partial charge in [0.2, 0.25) is 5.95 Å². The van der Waals surface area contributed by atoms with Crippen molar-refractivity contribution in [3.63, 3.8) is 0 Å². The van der Waals surface area contributed by atoms with Crippen molar-refractivity contribution in [2.75, 3.05) is 37.8 Å². The molecule has 2 N–H and O–H groups in total. The third-order valence-electron chi connectivity index (χ3n) is 2.84. The summed E-state index contributed by atoms with van der Waals surface area (Å²) in [5, 5.41) is 7.53. The smallest absolute Gasteiger partial charge is 0.229 e. The molecule has 2 rings (SSSR count). The van der Waals surface area contributed by atoms with Crippen LogP contribution in [0.2, 0.25) is 10.0 Å². The highest BCUT2D eigenvalue weighted by Gasteiger charge is 2.04. The molecular weight excluding hydrogens is 321 g/mol. The molecule has 2 aromatic rings. The van der Waals surface area contributed by atoms with Crippen LogP contribution in [-0.4, -0.2) is 42.1 Å².